The molecule has 5 nitrogen and oxygen atoms in total. The van der Waals surface area contributed by atoms with Gasteiger partial charge in [0, 0.05) is 0 Å². The molecule has 0 bridgehead atoms. The quantitative estimate of drug-likeness (QED) is 0.729. The first kappa shape index (κ1) is 18.8. The molecule has 1 amide bonds. The molecular weight excluding hydrogens is 338 g/mol. The normalized spacial score (nSPS) is 12.3. The molecule has 0 aliphatic carbocycles. The van der Waals surface area contributed by atoms with Gasteiger partial charge in [0.05, 0.1) is 23.3 Å². The van der Waals surface area contributed by atoms with Crippen LogP contribution in [-0.4, -0.2) is 15.5 Å². The SMILES string of the molecule is CC(C)Cc1ccc([C@H](C)NC(=O)Cn2cnc3ccccc3c2=O)cc1. The highest BCUT2D eigenvalue weighted by atomic mass is 16.2. The van der Waals surface area contributed by atoms with E-state index in [9.17, 15) is 9.59 Å². The summed E-state index contributed by atoms with van der Waals surface area (Å²) < 4.78 is 1.34. The molecule has 0 aliphatic rings. The molecule has 1 N–H and O–H groups in total. The van der Waals surface area contributed by atoms with Crippen LogP contribution < -0.4 is 10.9 Å². The average molecular weight is 363 g/mol. The van der Waals surface area contributed by atoms with Crippen molar-refractivity contribution >= 4 is 16.8 Å². The van der Waals surface area contributed by atoms with Gasteiger partial charge >= 0.3 is 0 Å². The maximum atomic E-state index is 12.5. The zero-order valence-electron chi connectivity index (χ0n) is 16.0. The van der Waals surface area contributed by atoms with Crippen molar-refractivity contribution in [2.24, 2.45) is 5.92 Å². The van der Waals surface area contributed by atoms with Crippen LogP contribution in [0.3, 0.4) is 0 Å². The first-order chi connectivity index (χ1) is 12.9. The second-order valence-corrected chi connectivity index (χ2v) is 7.32. The minimum Gasteiger partial charge on any atom is -0.348 e. The number of hydrogen-bond donors (Lipinski definition) is 1. The minimum atomic E-state index is -0.215. The fourth-order valence-electron chi connectivity index (χ4n) is 3.16. The van der Waals surface area contributed by atoms with Crippen LogP contribution >= 0.6 is 0 Å². The first-order valence-corrected chi connectivity index (χ1v) is 9.26. The van der Waals surface area contributed by atoms with E-state index in [4.69, 9.17) is 0 Å². The minimum absolute atomic E-state index is 0.0492. The molecule has 0 fully saturated rings. The zero-order chi connectivity index (χ0) is 19.4. The van der Waals surface area contributed by atoms with E-state index in [0.29, 0.717) is 16.8 Å². The largest absolute Gasteiger partial charge is 0.348 e. The van der Waals surface area contributed by atoms with Gasteiger partial charge in [-0.15, -0.1) is 0 Å². The standard InChI is InChI=1S/C22H25N3O2/c1-15(2)12-17-8-10-18(11-9-17)16(3)24-21(26)13-25-14-23-20-7-5-4-6-19(20)22(25)27/h4-11,14-16H,12-13H2,1-3H3,(H,24,26)/t16-/m0/s1. The Morgan fingerprint density at radius 1 is 1.07 bits per heavy atom. The van der Waals surface area contributed by atoms with Crippen molar-refractivity contribution in [3.05, 3.63) is 76.3 Å². The van der Waals surface area contributed by atoms with Crippen molar-refractivity contribution in [2.45, 2.75) is 39.8 Å². The number of benzene rings is 2. The fourth-order valence-corrected chi connectivity index (χ4v) is 3.16. The molecule has 3 aromatic rings. The summed E-state index contributed by atoms with van der Waals surface area (Å²) >= 11 is 0. The Labute approximate surface area is 159 Å². The van der Waals surface area contributed by atoms with Gasteiger partial charge in [0.25, 0.3) is 5.56 Å². The number of rotatable bonds is 6. The Bertz CT molecular complexity index is 990. The first-order valence-electron chi connectivity index (χ1n) is 9.26. The van der Waals surface area contributed by atoms with Crippen molar-refractivity contribution in [3.63, 3.8) is 0 Å². The summed E-state index contributed by atoms with van der Waals surface area (Å²) in [7, 11) is 0. The highest BCUT2D eigenvalue weighted by Gasteiger charge is 2.12. The number of para-hydroxylation sites is 1. The lowest BCUT2D eigenvalue weighted by atomic mass is 10.00. The van der Waals surface area contributed by atoms with Gasteiger partial charge in [0.1, 0.15) is 6.54 Å². The molecule has 0 saturated carbocycles. The van der Waals surface area contributed by atoms with Crippen molar-refractivity contribution in [1.29, 1.82) is 0 Å². The summed E-state index contributed by atoms with van der Waals surface area (Å²) in [6.07, 6.45) is 2.47. The van der Waals surface area contributed by atoms with Gasteiger partial charge in [-0.2, -0.15) is 0 Å². The zero-order valence-corrected chi connectivity index (χ0v) is 16.0. The summed E-state index contributed by atoms with van der Waals surface area (Å²) in [6.45, 7) is 6.28. The predicted molar refractivity (Wildman–Crippen MR) is 108 cm³/mol. The summed E-state index contributed by atoms with van der Waals surface area (Å²) in [5.41, 5.74) is 2.76. The van der Waals surface area contributed by atoms with Crippen LogP contribution in [0.25, 0.3) is 10.9 Å². The number of aromatic nitrogens is 2. The monoisotopic (exact) mass is 363 g/mol. The van der Waals surface area contributed by atoms with E-state index in [2.05, 4.69) is 36.3 Å². The van der Waals surface area contributed by atoms with Crippen LogP contribution in [0, 0.1) is 5.92 Å². The van der Waals surface area contributed by atoms with Crippen LogP contribution in [0.15, 0.2) is 59.7 Å². The lowest BCUT2D eigenvalue weighted by Crippen LogP contribution is -2.34. The molecule has 27 heavy (non-hydrogen) atoms. The highest BCUT2D eigenvalue weighted by molar-refractivity contribution is 5.79. The number of hydrogen-bond acceptors (Lipinski definition) is 3. The van der Waals surface area contributed by atoms with Crippen LogP contribution in [0.5, 0.6) is 0 Å². The van der Waals surface area contributed by atoms with Crippen LogP contribution in [-0.2, 0) is 17.8 Å². The van der Waals surface area contributed by atoms with E-state index in [0.717, 1.165) is 12.0 Å². The van der Waals surface area contributed by atoms with Gasteiger partial charge in [-0.25, -0.2) is 4.98 Å². The van der Waals surface area contributed by atoms with Crippen LogP contribution in [0.2, 0.25) is 0 Å². The third kappa shape index (κ3) is 4.61. The average Bonchev–Trinajstić information content (AvgIpc) is 2.64. The van der Waals surface area contributed by atoms with Gasteiger partial charge in [-0.1, -0.05) is 50.2 Å². The smallest absolute Gasteiger partial charge is 0.261 e. The Morgan fingerprint density at radius 3 is 2.48 bits per heavy atom. The summed E-state index contributed by atoms with van der Waals surface area (Å²) in [5, 5.41) is 3.47. The fraction of sp³-hybridized carbons (Fsp3) is 0.318. The summed E-state index contributed by atoms with van der Waals surface area (Å²) in [4.78, 5) is 29.1. The third-order valence-electron chi connectivity index (χ3n) is 4.55. The molecule has 1 aromatic heterocycles. The predicted octanol–water partition coefficient (Wildman–Crippen LogP) is 3.47. The van der Waals surface area contributed by atoms with Gasteiger partial charge in [0.15, 0.2) is 0 Å². The number of amides is 1. The Hall–Kier alpha value is -2.95. The molecule has 0 saturated heterocycles. The lowest BCUT2D eigenvalue weighted by molar-refractivity contribution is -0.122. The number of carbonyl (C=O) groups excluding carboxylic acids is 1. The molecule has 1 heterocycles. The van der Waals surface area contributed by atoms with E-state index in [1.807, 2.05) is 25.1 Å². The van der Waals surface area contributed by atoms with Crippen molar-refractivity contribution in [1.82, 2.24) is 14.9 Å². The molecule has 0 radical (unpaired) electrons. The van der Waals surface area contributed by atoms with Crippen LogP contribution in [0.4, 0.5) is 0 Å². The van der Waals surface area contributed by atoms with Crippen LogP contribution in [0.1, 0.15) is 37.9 Å². The number of nitrogens with zero attached hydrogens (tertiary/aromatic N) is 2. The van der Waals surface area contributed by atoms with Crippen molar-refractivity contribution in [3.8, 4) is 0 Å². The van der Waals surface area contributed by atoms with E-state index >= 15 is 0 Å². The molecular formula is C22H25N3O2. The molecule has 2 aromatic carbocycles. The van der Waals surface area contributed by atoms with Gasteiger partial charge in [0.2, 0.25) is 5.91 Å². The number of fused-ring (bicyclic) bond motifs is 1. The number of nitrogens with one attached hydrogen (secondary N) is 1. The Balaban J connectivity index is 1.67. The Morgan fingerprint density at radius 2 is 1.78 bits per heavy atom. The van der Waals surface area contributed by atoms with E-state index in [1.165, 1.54) is 16.5 Å². The van der Waals surface area contributed by atoms with Gasteiger partial charge in [-0.05, 0) is 42.5 Å². The highest BCUT2D eigenvalue weighted by Crippen LogP contribution is 2.15. The topological polar surface area (TPSA) is 64.0 Å². The second-order valence-electron chi connectivity index (χ2n) is 7.32. The molecule has 5 heteroatoms. The van der Waals surface area contributed by atoms with E-state index < -0.39 is 0 Å². The summed E-state index contributed by atoms with van der Waals surface area (Å²) in [5.74, 6) is 0.398. The van der Waals surface area contributed by atoms with E-state index in [-0.39, 0.29) is 24.1 Å². The maximum absolute atomic E-state index is 12.5. The molecule has 0 unspecified atom stereocenters. The third-order valence-corrected chi connectivity index (χ3v) is 4.55. The molecule has 0 aliphatic heterocycles. The Kier molecular flexibility index (Phi) is 5.69. The second kappa shape index (κ2) is 8.16. The molecule has 0 spiro atoms. The van der Waals surface area contributed by atoms with Gasteiger partial charge in [-0.3, -0.25) is 14.2 Å². The van der Waals surface area contributed by atoms with Crippen molar-refractivity contribution < 1.29 is 4.79 Å². The van der Waals surface area contributed by atoms with Crippen molar-refractivity contribution in [2.75, 3.05) is 0 Å². The lowest BCUT2D eigenvalue weighted by Gasteiger charge is -2.16. The number of carbonyl (C=O) groups is 1. The summed E-state index contributed by atoms with van der Waals surface area (Å²) in [6, 6.07) is 15.3. The maximum Gasteiger partial charge on any atom is 0.261 e. The molecule has 140 valence electrons. The van der Waals surface area contributed by atoms with Gasteiger partial charge < -0.3 is 5.32 Å². The van der Waals surface area contributed by atoms with E-state index in [1.54, 1.807) is 18.2 Å². The molecule has 3 rings (SSSR count). The molecule has 1 atom stereocenters.